The fourth-order valence-corrected chi connectivity index (χ4v) is 4.12. The van der Waals surface area contributed by atoms with Crippen LogP contribution in [0.2, 0.25) is 0 Å². The van der Waals surface area contributed by atoms with Crippen molar-refractivity contribution in [3.8, 4) is 41.1 Å². The van der Waals surface area contributed by atoms with Crippen LogP contribution in [0.15, 0.2) is 12.1 Å². The van der Waals surface area contributed by atoms with Crippen LogP contribution < -0.4 is 23.7 Å². The van der Waals surface area contributed by atoms with E-state index in [0.717, 1.165) is 0 Å². The van der Waals surface area contributed by atoms with Crippen LogP contribution in [-0.4, -0.2) is 48.1 Å². The van der Waals surface area contributed by atoms with Crippen LogP contribution >= 0.6 is 0 Å². The van der Waals surface area contributed by atoms with E-state index < -0.39 is 5.97 Å². The molecule has 0 fully saturated rings. The minimum atomic E-state index is -0.494. The second-order valence-electron chi connectivity index (χ2n) is 6.84. The third-order valence-corrected chi connectivity index (χ3v) is 5.40. The first-order valence-electron chi connectivity index (χ1n) is 9.91. The fourth-order valence-electron chi connectivity index (χ4n) is 4.12. The zero-order valence-corrected chi connectivity index (χ0v) is 19.3. The number of carbonyl (C=O) groups is 1. The maximum atomic E-state index is 12.8. The van der Waals surface area contributed by atoms with Gasteiger partial charge in [0, 0.05) is 16.8 Å². The molecular weight excluding hydrogens is 412 g/mol. The number of ether oxygens (including phenoxy) is 6. The summed E-state index contributed by atoms with van der Waals surface area (Å²) >= 11 is 0. The number of terminal acetylenes is 1. The lowest BCUT2D eigenvalue weighted by molar-refractivity contribution is 0.0522. The van der Waals surface area contributed by atoms with Crippen LogP contribution in [0.5, 0.6) is 28.7 Å². The van der Waals surface area contributed by atoms with Gasteiger partial charge in [-0.1, -0.05) is 5.92 Å². The Balaban J connectivity index is 2.72. The first-order valence-corrected chi connectivity index (χ1v) is 9.91. The van der Waals surface area contributed by atoms with Gasteiger partial charge in [0.05, 0.1) is 58.5 Å². The highest BCUT2D eigenvalue weighted by Crippen LogP contribution is 2.53. The number of hydrogen-bond donors (Lipinski definition) is 0. The number of esters is 1. The third kappa shape index (κ3) is 3.28. The van der Waals surface area contributed by atoms with E-state index in [4.69, 9.17) is 34.8 Å². The molecule has 0 aliphatic heterocycles. The Morgan fingerprint density at radius 3 is 1.97 bits per heavy atom. The maximum Gasteiger partial charge on any atom is 0.342 e. The summed E-state index contributed by atoms with van der Waals surface area (Å²) in [6, 6.07) is 3.45. The molecule has 0 aliphatic rings. The molecule has 0 saturated carbocycles. The first-order chi connectivity index (χ1) is 15.4. The molecule has 0 aromatic heterocycles. The van der Waals surface area contributed by atoms with Crippen LogP contribution in [0.3, 0.4) is 0 Å². The number of rotatable bonds is 7. The molecule has 0 radical (unpaired) electrons. The molecule has 0 saturated heterocycles. The second-order valence-corrected chi connectivity index (χ2v) is 6.84. The van der Waals surface area contributed by atoms with Gasteiger partial charge in [-0.05, 0) is 25.5 Å². The van der Waals surface area contributed by atoms with E-state index in [2.05, 4.69) is 5.92 Å². The van der Waals surface area contributed by atoms with Crippen molar-refractivity contribution in [1.82, 2.24) is 0 Å². The topological polar surface area (TPSA) is 72.5 Å². The van der Waals surface area contributed by atoms with Gasteiger partial charge < -0.3 is 28.4 Å². The van der Waals surface area contributed by atoms with Crippen LogP contribution in [0.4, 0.5) is 0 Å². The predicted molar refractivity (Wildman–Crippen MR) is 123 cm³/mol. The molecule has 0 N–H and O–H groups in total. The Morgan fingerprint density at radius 1 is 0.844 bits per heavy atom. The SMILES string of the molecule is C#Cc1cc(OC)c2c(OC)c3cc(OC)c(C(=O)OCC)c(C)c3c(OC)c2c1OC. The largest absolute Gasteiger partial charge is 0.496 e. The van der Waals surface area contributed by atoms with Gasteiger partial charge in [-0.15, -0.1) is 6.42 Å². The van der Waals surface area contributed by atoms with Crippen molar-refractivity contribution in [2.75, 3.05) is 42.2 Å². The van der Waals surface area contributed by atoms with Gasteiger partial charge in [-0.2, -0.15) is 0 Å². The van der Waals surface area contributed by atoms with Crippen molar-refractivity contribution in [2.24, 2.45) is 0 Å². The minimum absolute atomic E-state index is 0.230. The molecule has 0 aliphatic carbocycles. The Morgan fingerprint density at radius 2 is 1.47 bits per heavy atom. The van der Waals surface area contributed by atoms with Gasteiger partial charge in [-0.3, -0.25) is 0 Å². The summed E-state index contributed by atoms with van der Waals surface area (Å²) in [5.74, 6) is 4.41. The monoisotopic (exact) mass is 438 g/mol. The van der Waals surface area contributed by atoms with Crippen molar-refractivity contribution >= 4 is 27.5 Å². The molecule has 3 aromatic carbocycles. The van der Waals surface area contributed by atoms with Crippen molar-refractivity contribution < 1.29 is 33.2 Å². The van der Waals surface area contributed by atoms with Crippen LogP contribution in [0.1, 0.15) is 28.4 Å². The van der Waals surface area contributed by atoms with E-state index >= 15 is 0 Å². The molecule has 0 amide bonds. The van der Waals surface area contributed by atoms with Crippen molar-refractivity contribution in [3.63, 3.8) is 0 Å². The van der Waals surface area contributed by atoms with E-state index in [1.54, 1.807) is 47.3 Å². The van der Waals surface area contributed by atoms with E-state index in [9.17, 15) is 4.79 Å². The molecule has 0 spiro atoms. The molecule has 0 bridgehead atoms. The molecule has 32 heavy (non-hydrogen) atoms. The Labute approximate surface area is 187 Å². The zero-order valence-electron chi connectivity index (χ0n) is 19.3. The Hall–Kier alpha value is -3.79. The normalized spacial score (nSPS) is 10.6. The van der Waals surface area contributed by atoms with Gasteiger partial charge in [0.15, 0.2) is 0 Å². The molecular formula is C25H26O7. The molecule has 168 valence electrons. The Kier molecular flexibility index (Phi) is 6.54. The van der Waals surface area contributed by atoms with E-state index in [0.29, 0.717) is 67.0 Å². The average Bonchev–Trinajstić information content (AvgIpc) is 2.81. The first kappa shape index (κ1) is 22.9. The minimum Gasteiger partial charge on any atom is -0.496 e. The fraction of sp³-hybridized carbons (Fsp3) is 0.320. The number of aryl methyl sites for hydroxylation is 1. The zero-order chi connectivity index (χ0) is 23.6. The molecule has 3 rings (SSSR count). The molecule has 7 heteroatoms. The van der Waals surface area contributed by atoms with Crippen molar-refractivity contribution in [1.29, 1.82) is 0 Å². The highest BCUT2D eigenvalue weighted by molar-refractivity contribution is 6.18. The number of carbonyl (C=O) groups excluding carboxylic acids is 1. The smallest absolute Gasteiger partial charge is 0.342 e. The second kappa shape index (κ2) is 9.15. The van der Waals surface area contributed by atoms with Gasteiger partial charge in [0.1, 0.15) is 34.3 Å². The molecule has 0 heterocycles. The number of hydrogen-bond acceptors (Lipinski definition) is 7. The third-order valence-electron chi connectivity index (χ3n) is 5.40. The van der Waals surface area contributed by atoms with Crippen molar-refractivity contribution in [2.45, 2.75) is 13.8 Å². The molecule has 0 atom stereocenters. The van der Waals surface area contributed by atoms with Crippen molar-refractivity contribution in [3.05, 3.63) is 28.8 Å². The lowest BCUT2D eigenvalue weighted by atomic mass is 9.92. The van der Waals surface area contributed by atoms with Crippen LogP contribution in [0.25, 0.3) is 21.5 Å². The average molecular weight is 438 g/mol. The van der Waals surface area contributed by atoms with Gasteiger partial charge in [-0.25, -0.2) is 4.79 Å². The standard InChI is InChI=1S/C25H26O7/c1-9-14-11-16(27-4)20-21(22(14)29-6)24(31-8)18-13(3)19(25(26)32-10-2)17(28-5)12-15(18)23(20)30-7/h1,11-12H,10H2,2-8H3. The molecule has 7 nitrogen and oxygen atoms in total. The van der Waals surface area contributed by atoms with Gasteiger partial charge >= 0.3 is 5.97 Å². The Bertz CT molecular complexity index is 1250. The lowest BCUT2D eigenvalue weighted by Gasteiger charge is -2.22. The summed E-state index contributed by atoms with van der Waals surface area (Å²) in [6.45, 7) is 3.78. The van der Waals surface area contributed by atoms with Gasteiger partial charge in [0.2, 0.25) is 0 Å². The lowest BCUT2D eigenvalue weighted by Crippen LogP contribution is -2.10. The molecule has 0 unspecified atom stereocenters. The summed E-state index contributed by atoms with van der Waals surface area (Å²) in [5, 5.41) is 2.53. The van der Waals surface area contributed by atoms with Gasteiger partial charge in [0.25, 0.3) is 0 Å². The number of fused-ring (bicyclic) bond motifs is 2. The van der Waals surface area contributed by atoms with E-state index in [1.165, 1.54) is 14.2 Å². The highest BCUT2D eigenvalue weighted by Gasteiger charge is 2.29. The summed E-state index contributed by atoms with van der Waals surface area (Å²) in [4.78, 5) is 12.8. The maximum absolute atomic E-state index is 12.8. The van der Waals surface area contributed by atoms with E-state index in [-0.39, 0.29) is 6.61 Å². The molecule has 3 aromatic rings. The quantitative estimate of drug-likeness (QED) is 0.305. The summed E-state index contributed by atoms with van der Waals surface area (Å²) in [7, 11) is 7.68. The summed E-state index contributed by atoms with van der Waals surface area (Å²) < 4.78 is 33.9. The van der Waals surface area contributed by atoms with Crippen LogP contribution in [-0.2, 0) is 4.74 Å². The number of benzene rings is 3. The van der Waals surface area contributed by atoms with E-state index in [1.807, 2.05) is 0 Å². The number of methoxy groups -OCH3 is 5. The summed E-state index contributed by atoms with van der Waals surface area (Å²) in [5.41, 5.74) is 1.41. The summed E-state index contributed by atoms with van der Waals surface area (Å²) in [6.07, 6.45) is 5.75. The highest BCUT2D eigenvalue weighted by atomic mass is 16.5. The van der Waals surface area contributed by atoms with Crippen LogP contribution in [0, 0.1) is 19.3 Å². The predicted octanol–water partition coefficient (Wildman–Crippen LogP) is 4.50.